The van der Waals surface area contributed by atoms with Crippen LogP contribution in [0.25, 0.3) is 0 Å². The van der Waals surface area contributed by atoms with Gasteiger partial charge < -0.3 is 5.32 Å². The smallest absolute Gasteiger partial charge is 0.316 e. The van der Waals surface area contributed by atoms with Crippen LogP contribution in [0, 0.1) is 0 Å². The first-order valence-corrected chi connectivity index (χ1v) is 7.41. The third-order valence-corrected chi connectivity index (χ3v) is 4.59. The lowest BCUT2D eigenvalue weighted by molar-refractivity contribution is -0.136. The predicted octanol–water partition coefficient (Wildman–Crippen LogP) is 1.59. The largest absolute Gasteiger partial charge is 0.402 e. The summed E-state index contributed by atoms with van der Waals surface area (Å²) >= 11 is 0. The molecule has 0 amide bonds. The molecule has 1 atom stereocenters. The predicted molar refractivity (Wildman–Crippen MR) is 64.8 cm³/mol. The molecule has 0 aliphatic carbocycles. The Morgan fingerprint density at radius 2 is 1.83 bits per heavy atom. The highest BCUT2D eigenvalue weighted by atomic mass is 32.2. The van der Waals surface area contributed by atoms with Crippen molar-refractivity contribution >= 4 is 10.0 Å². The molecule has 18 heavy (non-hydrogen) atoms. The maximum absolute atomic E-state index is 12.4. The van der Waals surface area contributed by atoms with Gasteiger partial charge in [0.05, 0.1) is 5.25 Å². The van der Waals surface area contributed by atoms with E-state index < -0.39 is 28.0 Å². The van der Waals surface area contributed by atoms with Crippen LogP contribution in [0.2, 0.25) is 0 Å². The van der Waals surface area contributed by atoms with E-state index in [1.165, 1.54) is 6.92 Å². The molecule has 0 spiro atoms. The van der Waals surface area contributed by atoms with E-state index in [4.69, 9.17) is 0 Å². The molecule has 0 fully saturated rings. The highest BCUT2D eigenvalue weighted by Gasteiger charge is 2.37. The molecule has 4 nitrogen and oxygen atoms in total. The van der Waals surface area contributed by atoms with Crippen molar-refractivity contribution in [2.75, 3.05) is 26.2 Å². The Hall–Kier alpha value is -0.340. The molecule has 1 unspecified atom stereocenters. The molecule has 0 aromatic carbocycles. The monoisotopic (exact) mass is 290 g/mol. The van der Waals surface area contributed by atoms with Crippen molar-refractivity contribution in [3.8, 4) is 0 Å². The van der Waals surface area contributed by atoms with Gasteiger partial charge in [-0.2, -0.15) is 17.5 Å². The zero-order chi connectivity index (χ0) is 14.4. The Bertz CT molecular complexity index is 331. The van der Waals surface area contributed by atoms with Crippen LogP contribution < -0.4 is 5.32 Å². The number of nitrogens with zero attached hydrogens (tertiary/aromatic N) is 1. The highest BCUT2D eigenvalue weighted by molar-refractivity contribution is 7.89. The van der Waals surface area contributed by atoms with Crippen LogP contribution in [0.5, 0.6) is 0 Å². The van der Waals surface area contributed by atoms with E-state index >= 15 is 0 Å². The second-order valence-corrected chi connectivity index (χ2v) is 6.46. The van der Waals surface area contributed by atoms with Gasteiger partial charge in [0.1, 0.15) is 6.54 Å². The zero-order valence-electron chi connectivity index (χ0n) is 10.9. The van der Waals surface area contributed by atoms with Crippen LogP contribution in [-0.4, -0.2) is 50.3 Å². The summed E-state index contributed by atoms with van der Waals surface area (Å²) in [6.45, 7) is 4.06. The van der Waals surface area contributed by atoms with Gasteiger partial charge in [-0.3, -0.25) is 0 Å². The van der Waals surface area contributed by atoms with Crippen LogP contribution in [-0.2, 0) is 10.0 Å². The second-order valence-electron chi connectivity index (χ2n) is 4.11. The number of alkyl halides is 3. The van der Waals surface area contributed by atoms with Crippen molar-refractivity contribution in [1.82, 2.24) is 9.62 Å². The van der Waals surface area contributed by atoms with Gasteiger partial charge in [-0.1, -0.05) is 13.8 Å². The molecule has 0 aromatic heterocycles. The van der Waals surface area contributed by atoms with Gasteiger partial charge in [-0.05, 0) is 19.9 Å². The SMILES string of the molecule is CCCN(CC(F)(F)F)S(=O)(=O)C(C)CNCC. The fraction of sp³-hybridized carbons (Fsp3) is 1.00. The first kappa shape index (κ1) is 17.7. The maximum Gasteiger partial charge on any atom is 0.402 e. The molecule has 0 aliphatic rings. The van der Waals surface area contributed by atoms with Gasteiger partial charge in [0.15, 0.2) is 0 Å². The summed E-state index contributed by atoms with van der Waals surface area (Å²) in [5.74, 6) is 0. The van der Waals surface area contributed by atoms with Gasteiger partial charge in [-0.25, -0.2) is 8.42 Å². The summed E-state index contributed by atoms with van der Waals surface area (Å²) in [4.78, 5) is 0. The van der Waals surface area contributed by atoms with Crippen molar-refractivity contribution in [3.63, 3.8) is 0 Å². The first-order valence-electron chi connectivity index (χ1n) is 5.91. The molecule has 1 N–H and O–H groups in total. The number of hydrogen-bond donors (Lipinski definition) is 1. The number of hydrogen-bond acceptors (Lipinski definition) is 3. The van der Waals surface area contributed by atoms with Gasteiger partial charge in [0.2, 0.25) is 10.0 Å². The van der Waals surface area contributed by atoms with Crippen molar-refractivity contribution in [2.24, 2.45) is 0 Å². The molecule has 0 radical (unpaired) electrons. The zero-order valence-corrected chi connectivity index (χ0v) is 11.7. The van der Waals surface area contributed by atoms with Crippen molar-refractivity contribution in [2.45, 2.75) is 38.6 Å². The summed E-state index contributed by atoms with van der Waals surface area (Å²) in [7, 11) is -3.92. The van der Waals surface area contributed by atoms with E-state index in [0.717, 1.165) is 0 Å². The van der Waals surface area contributed by atoms with Crippen LogP contribution in [0.15, 0.2) is 0 Å². The van der Waals surface area contributed by atoms with Crippen LogP contribution in [0.1, 0.15) is 27.2 Å². The lowest BCUT2D eigenvalue weighted by Crippen LogP contribution is -2.46. The molecule has 0 saturated heterocycles. The van der Waals surface area contributed by atoms with E-state index in [1.54, 1.807) is 13.8 Å². The topological polar surface area (TPSA) is 49.4 Å². The maximum atomic E-state index is 12.4. The molecule has 0 aliphatic heterocycles. The van der Waals surface area contributed by atoms with Crippen LogP contribution in [0.4, 0.5) is 13.2 Å². The van der Waals surface area contributed by atoms with E-state index in [0.29, 0.717) is 17.3 Å². The number of rotatable bonds is 8. The van der Waals surface area contributed by atoms with Gasteiger partial charge in [-0.15, -0.1) is 0 Å². The molecule has 0 saturated carbocycles. The average Bonchev–Trinajstić information content (AvgIpc) is 2.23. The fourth-order valence-electron chi connectivity index (χ4n) is 1.45. The third kappa shape index (κ3) is 6.01. The van der Waals surface area contributed by atoms with Crippen LogP contribution >= 0.6 is 0 Å². The van der Waals surface area contributed by atoms with Gasteiger partial charge in [0, 0.05) is 13.1 Å². The Morgan fingerprint density at radius 1 is 1.28 bits per heavy atom. The molecular weight excluding hydrogens is 269 g/mol. The molecule has 0 heterocycles. The molecule has 0 rings (SSSR count). The summed E-state index contributed by atoms with van der Waals surface area (Å²) in [5.41, 5.74) is 0. The number of halogens is 3. The normalized spacial score (nSPS) is 15.1. The summed E-state index contributed by atoms with van der Waals surface area (Å²) in [5, 5.41) is 1.96. The van der Waals surface area contributed by atoms with Crippen molar-refractivity contribution < 1.29 is 21.6 Å². The fourth-order valence-corrected chi connectivity index (χ4v) is 3.05. The lowest BCUT2D eigenvalue weighted by atomic mass is 10.4. The van der Waals surface area contributed by atoms with Gasteiger partial charge >= 0.3 is 6.18 Å². The molecular formula is C10H21F3N2O2S. The van der Waals surface area contributed by atoms with E-state index in [9.17, 15) is 21.6 Å². The number of sulfonamides is 1. The van der Waals surface area contributed by atoms with Gasteiger partial charge in [0.25, 0.3) is 0 Å². The molecule has 0 aromatic rings. The second kappa shape index (κ2) is 7.30. The minimum Gasteiger partial charge on any atom is -0.316 e. The molecule has 0 bridgehead atoms. The van der Waals surface area contributed by atoms with Crippen LogP contribution in [0.3, 0.4) is 0 Å². The molecule has 8 heteroatoms. The Balaban J connectivity index is 4.86. The minimum atomic E-state index is -4.51. The first-order chi connectivity index (χ1) is 8.15. The lowest BCUT2D eigenvalue weighted by Gasteiger charge is -2.26. The standard InChI is InChI=1S/C10H21F3N2O2S/c1-4-6-15(8-10(11,12)13)18(16,17)9(3)7-14-5-2/h9,14H,4-8H2,1-3H3. The average molecular weight is 290 g/mol. The number of nitrogens with one attached hydrogen (secondary N) is 1. The quantitative estimate of drug-likeness (QED) is 0.738. The third-order valence-electron chi connectivity index (χ3n) is 2.38. The Labute approximate surface area is 107 Å². The highest BCUT2D eigenvalue weighted by Crippen LogP contribution is 2.20. The Morgan fingerprint density at radius 3 is 2.22 bits per heavy atom. The minimum absolute atomic E-state index is 0.113. The summed E-state index contributed by atoms with van der Waals surface area (Å²) < 4.78 is 61.6. The summed E-state index contributed by atoms with van der Waals surface area (Å²) in [6, 6.07) is 0. The van der Waals surface area contributed by atoms with E-state index in [-0.39, 0.29) is 13.1 Å². The van der Waals surface area contributed by atoms with Crippen molar-refractivity contribution in [3.05, 3.63) is 0 Å². The van der Waals surface area contributed by atoms with E-state index in [2.05, 4.69) is 5.32 Å². The van der Waals surface area contributed by atoms with E-state index in [1.807, 2.05) is 0 Å². The van der Waals surface area contributed by atoms with Crippen molar-refractivity contribution in [1.29, 1.82) is 0 Å². The summed E-state index contributed by atoms with van der Waals surface area (Å²) in [6.07, 6.45) is -4.16. The molecule has 110 valence electrons. The Kier molecular flexibility index (Phi) is 7.16.